The van der Waals surface area contributed by atoms with E-state index in [9.17, 15) is 5.11 Å². The first-order valence-electron chi connectivity index (χ1n) is 7.79. The fraction of sp³-hybridized carbons (Fsp3) is 0.0500. The van der Waals surface area contributed by atoms with Crippen LogP contribution in [0.5, 0.6) is 5.75 Å². The predicted octanol–water partition coefficient (Wildman–Crippen LogP) is 5.62. The summed E-state index contributed by atoms with van der Waals surface area (Å²) in [4.78, 5) is 6.63. The lowest BCUT2D eigenvalue weighted by atomic mass is 10.2. The molecule has 0 amide bonds. The van der Waals surface area contributed by atoms with E-state index in [0.717, 1.165) is 28.0 Å². The Balaban J connectivity index is 1.70. The number of halogens is 1. The summed E-state index contributed by atoms with van der Waals surface area (Å²) in [7, 11) is 1.99. The number of phenolic OH excluding ortho intramolecular Hbond substituents is 1. The van der Waals surface area contributed by atoms with Gasteiger partial charge in [0.1, 0.15) is 11.3 Å². The first kappa shape index (κ1) is 15.5. The molecular formula is C20H15ClN2O2. The van der Waals surface area contributed by atoms with Gasteiger partial charge in [-0.05, 0) is 66.7 Å². The van der Waals surface area contributed by atoms with Gasteiger partial charge in [-0.2, -0.15) is 0 Å². The second-order valence-corrected chi connectivity index (χ2v) is 6.19. The number of anilines is 2. The minimum Gasteiger partial charge on any atom is -0.508 e. The van der Waals surface area contributed by atoms with Gasteiger partial charge < -0.3 is 14.4 Å². The number of oxazole rings is 1. The van der Waals surface area contributed by atoms with Crippen LogP contribution in [0, 0.1) is 0 Å². The van der Waals surface area contributed by atoms with Crippen molar-refractivity contribution in [2.75, 3.05) is 11.9 Å². The van der Waals surface area contributed by atoms with Gasteiger partial charge in [-0.1, -0.05) is 11.6 Å². The van der Waals surface area contributed by atoms with E-state index in [1.165, 1.54) is 0 Å². The molecule has 124 valence electrons. The quantitative estimate of drug-likeness (QED) is 0.521. The molecule has 0 fully saturated rings. The van der Waals surface area contributed by atoms with Crippen molar-refractivity contribution in [1.29, 1.82) is 0 Å². The van der Waals surface area contributed by atoms with Crippen LogP contribution in [0.2, 0.25) is 5.02 Å². The zero-order valence-corrected chi connectivity index (χ0v) is 14.2. The Bertz CT molecular complexity index is 1020. The molecule has 0 unspecified atom stereocenters. The molecule has 0 atom stereocenters. The summed E-state index contributed by atoms with van der Waals surface area (Å²) in [5.41, 5.74) is 4.35. The number of rotatable bonds is 3. The summed E-state index contributed by atoms with van der Waals surface area (Å²) in [5.74, 6) is 0.744. The molecule has 1 heterocycles. The van der Waals surface area contributed by atoms with Crippen molar-refractivity contribution in [1.82, 2.24) is 4.98 Å². The van der Waals surface area contributed by atoms with Gasteiger partial charge in [0.25, 0.3) is 0 Å². The van der Waals surface area contributed by atoms with Gasteiger partial charge >= 0.3 is 0 Å². The predicted molar refractivity (Wildman–Crippen MR) is 101 cm³/mol. The van der Waals surface area contributed by atoms with E-state index in [-0.39, 0.29) is 5.75 Å². The third-order valence-corrected chi connectivity index (χ3v) is 4.34. The maximum atomic E-state index is 9.40. The van der Waals surface area contributed by atoms with E-state index in [2.05, 4.69) is 9.88 Å². The van der Waals surface area contributed by atoms with Gasteiger partial charge in [-0.15, -0.1) is 0 Å². The van der Waals surface area contributed by atoms with Crippen LogP contribution < -0.4 is 4.90 Å². The van der Waals surface area contributed by atoms with Gasteiger partial charge in [0.2, 0.25) is 5.89 Å². The van der Waals surface area contributed by atoms with E-state index in [1.54, 1.807) is 24.3 Å². The average molecular weight is 351 g/mol. The molecule has 0 spiro atoms. The smallest absolute Gasteiger partial charge is 0.227 e. The lowest BCUT2D eigenvalue weighted by molar-refractivity contribution is 0.475. The standard InChI is InChI=1S/C20H15ClN2O2/c1-23(15-6-4-14(21)5-7-15)16-8-11-19-18(12-16)22-20(25-19)13-2-9-17(24)10-3-13/h2-12,24H,1H3. The van der Waals surface area contributed by atoms with Crippen LogP contribution in [0.3, 0.4) is 0 Å². The molecule has 25 heavy (non-hydrogen) atoms. The Hall–Kier alpha value is -2.98. The lowest BCUT2D eigenvalue weighted by Gasteiger charge is -2.19. The topological polar surface area (TPSA) is 49.5 Å². The summed E-state index contributed by atoms with van der Waals surface area (Å²) >= 11 is 5.95. The van der Waals surface area contributed by atoms with Crippen molar-refractivity contribution in [3.05, 3.63) is 71.8 Å². The monoisotopic (exact) mass is 350 g/mol. The highest BCUT2D eigenvalue weighted by molar-refractivity contribution is 6.30. The Kier molecular flexibility index (Phi) is 3.82. The molecule has 1 N–H and O–H groups in total. The molecule has 4 rings (SSSR count). The zero-order chi connectivity index (χ0) is 17.4. The van der Waals surface area contributed by atoms with Crippen LogP contribution in [0.25, 0.3) is 22.6 Å². The number of hydrogen-bond acceptors (Lipinski definition) is 4. The van der Waals surface area contributed by atoms with Gasteiger partial charge in [-0.3, -0.25) is 0 Å². The second-order valence-electron chi connectivity index (χ2n) is 5.75. The molecule has 0 bridgehead atoms. The van der Waals surface area contributed by atoms with Crippen LogP contribution in [0.4, 0.5) is 11.4 Å². The van der Waals surface area contributed by atoms with Crippen LogP contribution >= 0.6 is 11.6 Å². The maximum Gasteiger partial charge on any atom is 0.227 e. The van der Waals surface area contributed by atoms with Crippen molar-refractivity contribution in [3.8, 4) is 17.2 Å². The number of phenols is 1. The minimum atomic E-state index is 0.215. The van der Waals surface area contributed by atoms with Crippen LogP contribution in [-0.2, 0) is 0 Å². The third-order valence-electron chi connectivity index (χ3n) is 4.09. The minimum absolute atomic E-state index is 0.215. The number of hydrogen-bond donors (Lipinski definition) is 1. The van der Waals surface area contributed by atoms with E-state index >= 15 is 0 Å². The van der Waals surface area contributed by atoms with Crippen molar-refractivity contribution in [2.45, 2.75) is 0 Å². The molecule has 0 aliphatic heterocycles. The summed E-state index contributed by atoms with van der Waals surface area (Å²) in [6.07, 6.45) is 0. The third kappa shape index (κ3) is 3.04. The fourth-order valence-corrected chi connectivity index (χ4v) is 2.79. The van der Waals surface area contributed by atoms with Gasteiger partial charge in [0, 0.05) is 29.0 Å². The highest BCUT2D eigenvalue weighted by atomic mass is 35.5. The summed E-state index contributed by atoms with van der Waals surface area (Å²) in [6.45, 7) is 0. The Morgan fingerprint density at radius 3 is 2.32 bits per heavy atom. The Morgan fingerprint density at radius 2 is 1.60 bits per heavy atom. The van der Waals surface area contributed by atoms with Crippen molar-refractivity contribution < 1.29 is 9.52 Å². The number of aromatic nitrogens is 1. The molecule has 0 aliphatic rings. The van der Waals surface area contributed by atoms with Gasteiger partial charge in [-0.25, -0.2) is 4.98 Å². The largest absolute Gasteiger partial charge is 0.508 e. The maximum absolute atomic E-state index is 9.40. The average Bonchev–Trinajstić information content (AvgIpc) is 3.05. The SMILES string of the molecule is CN(c1ccc(Cl)cc1)c1ccc2oc(-c3ccc(O)cc3)nc2c1. The van der Waals surface area contributed by atoms with E-state index in [1.807, 2.05) is 49.5 Å². The van der Waals surface area contributed by atoms with Gasteiger partial charge in [0.15, 0.2) is 5.58 Å². The van der Waals surface area contributed by atoms with Crippen LogP contribution in [-0.4, -0.2) is 17.1 Å². The van der Waals surface area contributed by atoms with E-state index < -0.39 is 0 Å². The van der Waals surface area contributed by atoms with Crippen LogP contribution in [0.15, 0.2) is 71.1 Å². The lowest BCUT2D eigenvalue weighted by Crippen LogP contribution is -2.08. The number of benzene rings is 3. The fourth-order valence-electron chi connectivity index (χ4n) is 2.67. The highest BCUT2D eigenvalue weighted by Crippen LogP contribution is 2.30. The second kappa shape index (κ2) is 6.15. The summed E-state index contributed by atoms with van der Waals surface area (Å²) in [5, 5.41) is 10.1. The summed E-state index contributed by atoms with van der Waals surface area (Å²) < 4.78 is 5.82. The molecule has 5 heteroatoms. The molecule has 0 saturated carbocycles. The molecule has 0 aliphatic carbocycles. The Labute approximate surface area is 149 Å². The van der Waals surface area contributed by atoms with E-state index in [0.29, 0.717) is 10.9 Å². The normalized spacial score (nSPS) is 11.0. The molecule has 4 aromatic rings. The number of nitrogens with zero attached hydrogens (tertiary/aromatic N) is 2. The molecule has 0 saturated heterocycles. The molecule has 0 radical (unpaired) electrons. The first-order valence-corrected chi connectivity index (χ1v) is 8.17. The van der Waals surface area contributed by atoms with Gasteiger partial charge in [0.05, 0.1) is 0 Å². The molecule has 4 nitrogen and oxygen atoms in total. The summed E-state index contributed by atoms with van der Waals surface area (Å²) in [6, 6.07) is 20.3. The Morgan fingerprint density at radius 1 is 0.920 bits per heavy atom. The number of fused-ring (bicyclic) bond motifs is 1. The number of aromatic hydroxyl groups is 1. The molecule has 3 aromatic carbocycles. The molecular weight excluding hydrogens is 336 g/mol. The van der Waals surface area contributed by atoms with Crippen molar-refractivity contribution in [2.24, 2.45) is 0 Å². The van der Waals surface area contributed by atoms with Crippen molar-refractivity contribution >= 4 is 34.1 Å². The van der Waals surface area contributed by atoms with Crippen molar-refractivity contribution in [3.63, 3.8) is 0 Å². The first-order chi connectivity index (χ1) is 12.1. The van der Waals surface area contributed by atoms with Crippen LogP contribution in [0.1, 0.15) is 0 Å². The zero-order valence-electron chi connectivity index (χ0n) is 13.5. The highest BCUT2D eigenvalue weighted by Gasteiger charge is 2.11. The van der Waals surface area contributed by atoms with E-state index in [4.69, 9.17) is 16.0 Å². The molecule has 1 aromatic heterocycles.